The molecule has 6 nitrogen and oxygen atoms in total. The van der Waals surface area contributed by atoms with Crippen LogP contribution in [0.15, 0.2) is 24.3 Å². The van der Waals surface area contributed by atoms with Gasteiger partial charge in [-0.2, -0.15) is 17.0 Å². The first-order valence-electron chi connectivity index (χ1n) is 9.24. The molecular formula is C18H26ClN3O3S. The lowest BCUT2D eigenvalue weighted by Gasteiger charge is -2.34. The van der Waals surface area contributed by atoms with Gasteiger partial charge in [-0.3, -0.25) is 4.79 Å². The number of benzene rings is 1. The summed E-state index contributed by atoms with van der Waals surface area (Å²) in [6.07, 6.45) is 6.15. The Labute approximate surface area is 160 Å². The number of amides is 1. The zero-order valence-corrected chi connectivity index (χ0v) is 16.4. The van der Waals surface area contributed by atoms with Crippen LogP contribution in [0.3, 0.4) is 0 Å². The first kappa shape index (κ1) is 19.6. The van der Waals surface area contributed by atoms with Crippen LogP contribution >= 0.6 is 11.6 Å². The highest BCUT2D eigenvalue weighted by Gasteiger charge is 2.35. The number of nitrogens with zero attached hydrogens (tertiary/aromatic N) is 2. The molecule has 0 atom stereocenters. The van der Waals surface area contributed by atoms with Crippen molar-refractivity contribution < 1.29 is 13.2 Å². The highest BCUT2D eigenvalue weighted by molar-refractivity contribution is 7.86. The normalized spacial score (nSPS) is 22.2. The number of hydrogen-bond donors (Lipinski definition) is 1. The maximum atomic E-state index is 12.9. The standard InChI is InChI=1S/C18H26ClN3O3S/c19-16-9-7-15(8-10-16)13-21-11-4-12-22(26(21,24)25)14-18(23)20-17-5-2-1-3-6-17/h7-10,17H,1-6,11-14H2,(H,20,23). The Kier molecular flexibility index (Phi) is 6.55. The SMILES string of the molecule is O=C(CN1CCCN(Cc2ccc(Cl)cc2)S1(=O)=O)NC1CCCCC1. The van der Waals surface area contributed by atoms with Gasteiger partial charge in [0, 0.05) is 30.7 Å². The fourth-order valence-electron chi connectivity index (χ4n) is 3.61. The minimum absolute atomic E-state index is 0.101. The van der Waals surface area contributed by atoms with E-state index in [0.29, 0.717) is 31.1 Å². The van der Waals surface area contributed by atoms with E-state index >= 15 is 0 Å². The van der Waals surface area contributed by atoms with Crippen LogP contribution in [0.4, 0.5) is 0 Å². The second kappa shape index (κ2) is 8.69. The summed E-state index contributed by atoms with van der Waals surface area (Å²) in [5.74, 6) is -0.200. The fourth-order valence-corrected chi connectivity index (χ4v) is 5.38. The molecule has 2 fully saturated rings. The smallest absolute Gasteiger partial charge is 0.282 e. The van der Waals surface area contributed by atoms with Gasteiger partial charge in [-0.15, -0.1) is 0 Å². The van der Waals surface area contributed by atoms with E-state index in [-0.39, 0.29) is 18.5 Å². The molecule has 1 amide bonds. The van der Waals surface area contributed by atoms with Crippen molar-refractivity contribution in [2.45, 2.75) is 51.1 Å². The van der Waals surface area contributed by atoms with Crippen LogP contribution in [0.1, 0.15) is 44.1 Å². The predicted molar refractivity (Wildman–Crippen MR) is 102 cm³/mol. The zero-order valence-electron chi connectivity index (χ0n) is 14.9. The third-order valence-corrected chi connectivity index (χ3v) is 7.21. The molecular weight excluding hydrogens is 374 g/mol. The topological polar surface area (TPSA) is 69.7 Å². The molecule has 1 saturated heterocycles. The Hall–Kier alpha value is -1.15. The average Bonchev–Trinajstić information content (AvgIpc) is 2.61. The summed E-state index contributed by atoms with van der Waals surface area (Å²) in [6, 6.07) is 7.35. The lowest BCUT2D eigenvalue weighted by atomic mass is 9.95. The van der Waals surface area contributed by atoms with Crippen molar-refractivity contribution in [3.05, 3.63) is 34.9 Å². The van der Waals surface area contributed by atoms with Crippen molar-refractivity contribution in [1.29, 1.82) is 0 Å². The maximum absolute atomic E-state index is 12.9. The van der Waals surface area contributed by atoms with Gasteiger partial charge in [0.1, 0.15) is 0 Å². The lowest BCUT2D eigenvalue weighted by molar-refractivity contribution is -0.122. The maximum Gasteiger partial charge on any atom is 0.282 e. The first-order valence-corrected chi connectivity index (χ1v) is 11.0. The van der Waals surface area contributed by atoms with Gasteiger partial charge in [-0.25, -0.2) is 0 Å². The summed E-state index contributed by atoms with van der Waals surface area (Å²) in [6.45, 7) is 1.04. The molecule has 1 aromatic carbocycles. The minimum Gasteiger partial charge on any atom is -0.352 e. The van der Waals surface area contributed by atoms with Crippen LogP contribution in [0.5, 0.6) is 0 Å². The van der Waals surface area contributed by atoms with Crippen molar-refractivity contribution >= 4 is 27.7 Å². The van der Waals surface area contributed by atoms with E-state index in [1.807, 2.05) is 12.1 Å². The van der Waals surface area contributed by atoms with Gasteiger partial charge in [0.2, 0.25) is 5.91 Å². The molecule has 0 spiro atoms. The van der Waals surface area contributed by atoms with Crippen molar-refractivity contribution in [2.75, 3.05) is 19.6 Å². The van der Waals surface area contributed by atoms with Crippen molar-refractivity contribution in [3.8, 4) is 0 Å². The van der Waals surface area contributed by atoms with E-state index in [2.05, 4.69) is 5.32 Å². The Balaban J connectivity index is 1.60. The second-order valence-electron chi connectivity index (χ2n) is 7.06. The monoisotopic (exact) mass is 399 g/mol. The van der Waals surface area contributed by atoms with Gasteiger partial charge in [-0.05, 0) is 37.0 Å². The Morgan fingerprint density at radius 1 is 1.04 bits per heavy atom. The fraction of sp³-hybridized carbons (Fsp3) is 0.611. The summed E-state index contributed by atoms with van der Waals surface area (Å²) in [4.78, 5) is 12.3. The summed E-state index contributed by atoms with van der Waals surface area (Å²) >= 11 is 5.89. The van der Waals surface area contributed by atoms with Gasteiger partial charge in [0.15, 0.2) is 0 Å². The molecule has 1 aromatic rings. The zero-order chi connectivity index (χ0) is 18.6. The number of carbonyl (C=O) groups excluding carboxylic acids is 1. The third kappa shape index (κ3) is 4.97. The van der Waals surface area contributed by atoms with Crippen molar-refractivity contribution in [1.82, 2.24) is 13.9 Å². The molecule has 2 aliphatic rings. The molecule has 8 heteroatoms. The summed E-state index contributed by atoms with van der Waals surface area (Å²) < 4.78 is 28.4. The van der Waals surface area contributed by atoms with E-state index in [1.54, 1.807) is 12.1 Å². The van der Waals surface area contributed by atoms with E-state index in [9.17, 15) is 13.2 Å². The van der Waals surface area contributed by atoms with E-state index < -0.39 is 10.2 Å². The number of nitrogens with one attached hydrogen (secondary N) is 1. The highest BCUT2D eigenvalue weighted by atomic mass is 35.5. The average molecular weight is 400 g/mol. The first-order chi connectivity index (χ1) is 12.4. The quantitative estimate of drug-likeness (QED) is 0.827. The molecule has 0 radical (unpaired) electrons. The molecule has 0 bridgehead atoms. The molecule has 26 heavy (non-hydrogen) atoms. The minimum atomic E-state index is -3.64. The number of carbonyl (C=O) groups is 1. The molecule has 0 unspecified atom stereocenters. The molecule has 1 N–H and O–H groups in total. The van der Waals surface area contributed by atoms with E-state index in [0.717, 1.165) is 31.2 Å². The Morgan fingerprint density at radius 3 is 2.38 bits per heavy atom. The van der Waals surface area contributed by atoms with Gasteiger partial charge in [-0.1, -0.05) is 43.0 Å². The van der Waals surface area contributed by atoms with Gasteiger partial charge in [0.25, 0.3) is 10.2 Å². The number of halogens is 1. The third-order valence-electron chi connectivity index (χ3n) is 5.03. The van der Waals surface area contributed by atoms with Gasteiger partial charge < -0.3 is 5.32 Å². The highest BCUT2D eigenvalue weighted by Crippen LogP contribution is 2.21. The van der Waals surface area contributed by atoms with Gasteiger partial charge in [0.05, 0.1) is 6.54 Å². The van der Waals surface area contributed by atoms with E-state index in [1.165, 1.54) is 15.0 Å². The molecule has 1 aliphatic carbocycles. The Morgan fingerprint density at radius 2 is 1.69 bits per heavy atom. The van der Waals surface area contributed by atoms with Gasteiger partial charge >= 0.3 is 0 Å². The summed E-state index contributed by atoms with van der Waals surface area (Å²) in [5, 5.41) is 3.62. The Bertz CT molecular complexity index is 718. The van der Waals surface area contributed by atoms with Crippen molar-refractivity contribution in [3.63, 3.8) is 0 Å². The van der Waals surface area contributed by atoms with Crippen LogP contribution in [0.25, 0.3) is 0 Å². The summed E-state index contributed by atoms with van der Waals surface area (Å²) in [7, 11) is -3.64. The second-order valence-corrected chi connectivity index (χ2v) is 9.42. The molecule has 144 valence electrons. The molecule has 1 aliphatic heterocycles. The largest absolute Gasteiger partial charge is 0.352 e. The van der Waals surface area contributed by atoms with Crippen LogP contribution in [-0.2, 0) is 21.5 Å². The van der Waals surface area contributed by atoms with Crippen LogP contribution in [-0.4, -0.2) is 48.6 Å². The summed E-state index contributed by atoms with van der Waals surface area (Å²) in [5.41, 5.74) is 0.881. The number of rotatable bonds is 5. The molecule has 3 rings (SSSR count). The molecule has 1 saturated carbocycles. The molecule has 0 aromatic heterocycles. The van der Waals surface area contributed by atoms with Crippen molar-refractivity contribution in [2.24, 2.45) is 0 Å². The van der Waals surface area contributed by atoms with Crippen LogP contribution in [0, 0.1) is 0 Å². The van der Waals surface area contributed by atoms with E-state index in [4.69, 9.17) is 11.6 Å². The lowest BCUT2D eigenvalue weighted by Crippen LogP contribution is -2.53. The predicted octanol–water partition coefficient (Wildman–Crippen LogP) is 2.54. The van der Waals surface area contributed by atoms with Crippen LogP contribution < -0.4 is 5.32 Å². The van der Waals surface area contributed by atoms with Crippen LogP contribution in [0.2, 0.25) is 5.02 Å². The number of hydrogen-bond acceptors (Lipinski definition) is 3. The molecule has 1 heterocycles.